The normalized spacial score (nSPS) is 11.3. The molecule has 164 valence electrons. The molecule has 0 fully saturated rings. The molecule has 3 aromatic rings. The Morgan fingerprint density at radius 3 is 2.71 bits per heavy atom. The third-order valence-corrected chi connectivity index (χ3v) is 5.39. The summed E-state index contributed by atoms with van der Waals surface area (Å²) in [6, 6.07) is 11.1. The second-order valence-corrected chi connectivity index (χ2v) is 7.88. The third kappa shape index (κ3) is 5.11. The summed E-state index contributed by atoms with van der Waals surface area (Å²) < 4.78 is 7.35. The van der Waals surface area contributed by atoms with Crippen molar-refractivity contribution in [1.29, 1.82) is 0 Å². The van der Waals surface area contributed by atoms with E-state index in [1.165, 1.54) is 10.9 Å². The van der Waals surface area contributed by atoms with Crippen molar-refractivity contribution in [1.82, 2.24) is 19.8 Å². The molecule has 0 radical (unpaired) electrons. The predicted molar refractivity (Wildman–Crippen MR) is 123 cm³/mol. The van der Waals surface area contributed by atoms with Crippen molar-refractivity contribution in [3.63, 3.8) is 0 Å². The van der Waals surface area contributed by atoms with Crippen molar-refractivity contribution in [2.24, 2.45) is 0 Å². The Labute approximate surface area is 182 Å². The topological polar surface area (TPSA) is 76.5 Å². The van der Waals surface area contributed by atoms with Crippen molar-refractivity contribution in [3.8, 4) is 11.4 Å². The lowest BCUT2D eigenvalue weighted by molar-refractivity contribution is 0.0956. The number of aryl methyl sites for hydroxylation is 1. The van der Waals surface area contributed by atoms with Crippen LogP contribution in [-0.2, 0) is 0 Å². The van der Waals surface area contributed by atoms with E-state index in [2.05, 4.69) is 29.0 Å². The monoisotopic (exact) mass is 422 g/mol. The number of benzene rings is 2. The molecular formula is C24H30N4O3. The molecule has 2 aromatic carbocycles. The number of aromatic nitrogens is 2. The molecule has 3 rings (SSSR count). The van der Waals surface area contributed by atoms with Crippen molar-refractivity contribution < 1.29 is 9.53 Å². The molecule has 0 atom stereocenters. The van der Waals surface area contributed by atoms with E-state index in [1.807, 2.05) is 33.0 Å². The zero-order chi connectivity index (χ0) is 22.5. The average Bonchev–Trinajstić information content (AvgIpc) is 2.75. The Bertz CT molecular complexity index is 1140. The number of amides is 1. The summed E-state index contributed by atoms with van der Waals surface area (Å²) in [5, 5.41) is 3.26. The Balaban J connectivity index is 1.94. The predicted octanol–water partition coefficient (Wildman–Crippen LogP) is 3.16. The molecule has 7 heteroatoms. The number of nitrogens with one attached hydrogen (secondary N) is 1. The van der Waals surface area contributed by atoms with Crippen LogP contribution >= 0.6 is 0 Å². The molecule has 1 aromatic heterocycles. The smallest absolute Gasteiger partial charge is 0.265 e. The maximum Gasteiger partial charge on any atom is 0.265 e. The minimum absolute atomic E-state index is 0.174. The van der Waals surface area contributed by atoms with Gasteiger partial charge in [-0.25, -0.2) is 4.98 Å². The largest absolute Gasteiger partial charge is 0.492 e. The number of hydrogen-bond donors (Lipinski definition) is 1. The zero-order valence-corrected chi connectivity index (χ0v) is 18.8. The van der Waals surface area contributed by atoms with Crippen LogP contribution in [0, 0.1) is 6.92 Å². The van der Waals surface area contributed by atoms with Crippen molar-refractivity contribution in [2.45, 2.75) is 33.7 Å². The molecular weight excluding hydrogens is 392 g/mol. The number of rotatable bonds is 8. The van der Waals surface area contributed by atoms with Gasteiger partial charge >= 0.3 is 0 Å². The lowest BCUT2D eigenvalue weighted by Crippen LogP contribution is -2.30. The molecule has 0 bridgehead atoms. The van der Waals surface area contributed by atoms with E-state index in [0.29, 0.717) is 47.1 Å². The molecule has 1 amide bonds. The number of ether oxygens (including phenoxy) is 1. The maximum absolute atomic E-state index is 13.3. The quantitative estimate of drug-likeness (QED) is 0.603. The van der Waals surface area contributed by atoms with Crippen LogP contribution in [0.15, 0.2) is 47.5 Å². The number of nitrogens with zero attached hydrogens (tertiary/aromatic N) is 3. The summed E-state index contributed by atoms with van der Waals surface area (Å²) in [6.45, 7) is 9.89. The van der Waals surface area contributed by atoms with E-state index in [4.69, 9.17) is 4.74 Å². The second kappa shape index (κ2) is 9.75. The highest BCUT2D eigenvalue weighted by atomic mass is 16.5. The first kappa shape index (κ1) is 22.5. The molecule has 0 aliphatic carbocycles. The molecule has 0 saturated heterocycles. The van der Waals surface area contributed by atoms with Crippen LogP contribution in [0.1, 0.15) is 36.7 Å². The van der Waals surface area contributed by atoms with Crippen LogP contribution in [-0.4, -0.2) is 53.1 Å². The Morgan fingerprint density at radius 2 is 2.00 bits per heavy atom. The van der Waals surface area contributed by atoms with Crippen LogP contribution in [0.3, 0.4) is 0 Å². The molecule has 1 heterocycles. The second-order valence-electron chi connectivity index (χ2n) is 7.88. The van der Waals surface area contributed by atoms with Gasteiger partial charge in [-0.15, -0.1) is 0 Å². The molecule has 7 nitrogen and oxygen atoms in total. The van der Waals surface area contributed by atoms with Gasteiger partial charge in [-0.1, -0.05) is 6.07 Å². The van der Waals surface area contributed by atoms with Gasteiger partial charge in [0, 0.05) is 24.7 Å². The zero-order valence-electron chi connectivity index (χ0n) is 18.8. The first-order chi connectivity index (χ1) is 14.8. The van der Waals surface area contributed by atoms with Crippen molar-refractivity contribution >= 4 is 16.8 Å². The average molecular weight is 423 g/mol. The SMILES string of the molecule is CCNC(=O)c1ccc(C)c(-n2cnc3ccc(OCCN(C)C(C)C)cc3c2=O)c1. The number of carbonyl (C=O) groups is 1. The maximum atomic E-state index is 13.3. The van der Waals surface area contributed by atoms with Crippen LogP contribution in [0.25, 0.3) is 16.6 Å². The van der Waals surface area contributed by atoms with Gasteiger partial charge in [-0.05, 0) is 70.6 Å². The number of likely N-dealkylation sites (N-methyl/N-ethyl adjacent to an activating group) is 1. The molecule has 0 spiro atoms. The highest BCUT2D eigenvalue weighted by Crippen LogP contribution is 2.19. The summed E-state index contributed by atoms with van der Waals surface area (Å²) in [6.07, 6.45) is 1.51. The summed E-state index contributed by atoms with van der Waals surface area (Å²) in [5.41, 5.74) is 2.41. The van der Waals surface area contributed by atoms with Gasteiger partial charge < -0.3 is 15.0 Å². The Morgan fingerprint density at radius 1 is 1.23 bits per heavy atom. The highest BCUT2D eigenvalue weighted by molar-refractivity contribution is 5.94. The van der Waals surface area contributed by atoms with Crippen LogP contribution < -0.4 is 15.6 Å². The highest BCUT2D eigenvalue weighted by Gasteiger charge is 2.13. The van der Waals surface area contributed by atoms with E-state index in [-0.39, 0.29) is 11.5 Å². The van der Waals surface area contributed by atoms with Gasteiger partial charge in [0.15, 0.2) is 0 Å². The minimum Gasteiger partial charge on any atom is -0.492 e. The first-order valence-electron chi connectivity index (χ1n) is 10.6. The van der Waals surface area contributed by atoms with Crippen molar-refractivity contribution in [3.05, 3.63) is 64.2 Å². The van der Waals surface area contributed by atoms with E-state index < -0.39 is 0 Å². The van der Waals surface area contributed by atoms with Gasteiger partial charge in [0.25, 0.3) is 11.5 Å². The first-order valence-corrected chi connectivity index (χ1v) is 10.6. The van der Waals surface area contributed by atoms with Crippen LogP contribution in [0.5, 0.6) is 5.75 Å². The van der Waals surface area contributed by atoms with Gasteiger partial charge in [0.05, 0.1) is 16.6 Å². The fourth-order valence-electron chi connectivity index (χ4n) is 3.20. The molecule has 0 aliphatic rings. The Kier molecular flexibility index (Phi) is 7.07. The Hall–Kier alpha value is -3.19. The van der Waals surface area contributed by atoms with Gasteiger partial charge in [0.2, 0.25) is 0 Å². The molecule has 31 heavy (non-hydrogen) atoms. The summed E-state index contributed by atoms with van der Waals surface area (Å²) >= 11 is 0. The van der Waals surface area contributed by atoms with Gasteiger partial charge in [-0.2, -0.15) is 0 Å². The van der Waals surface area contributed by atoms with E-state index in [0.717, 1.165) is 12.1 Å². The van der Waals surface area contributed by atoms with Crippen LogP contribution in [0.4, 0.5) is 0 Å². The fourth-order valence-corrected chi connectivity index (χ4v) is 3.20. The molecule has 0 aliphatic heterocycles. The number of carbonyl (C=O) groups excluding carboxylic acids is 1. The summed E-state index contributed by atoms with van der Waals surface area (Å²) in [4.78, 5) is 32.1. The minimum atomic E-state index is -0.203. The van der Waals surface area contributed by atoms with E-state index in [1.54, 1.807) is 24.3 Å². The van der Waals surface area contributed by atoms with E-state index in [9.17, 15) is 9.59 Å². The molecule has 1 N–H and O–H groups in total. The van der Waals surface area contributed by atoms with E-state index >= 15 is 0 Å². The van der Waals surface area contributed by atoms with Crippen molar-refractivity contribution in [2.75, 3.05) is 26.7 Å². The lowest BCUT2D eigenvalue weighted by atomic mass is 10.1. The molecule has 0 unspecified atom stereocenters. The number of fused-ring (bicyclic) bond motifs is 1. The third-order valence-electron chi connectivity index (χ3n) is 5.39. The standard InChI is InChI=1S/C24H30N4O3/c1-6-25-23(29)18-8-7-17(4)22(13-18)28-15-26-21-10-9-19(14-20(21)24(28)30)31-12-11-27(5)16(2)3/h7-10,13-16H,6,11-12H2,1-5H3,(H,25,29). The van der Waals surface area contributed by atoms with Gasteiger partial charge in [0.1, 0.15) is 18.7 Å². The summed E-state index contributed by atoms with van der Waals surface area (Å²) in [5.74, 6) is 0.460. The molecule has 0 saturated carbocycles. The summed E-state index contributed by atoms with van der Waals surface area (Å²) in [7, 11) is 2.05. The lowest BCUT2D eigenvalue weighted by Gasteiger charge is -2.20. The van der Waals surface area contributed by atoms with Crippen LogP contribution in [0.2, 0.25) is 0 Å². The van der Waals surface area contributed by atoms with Gasteiger partial charge in [-0.3, -0.25) is 14.2 Å². The number of hydrogen-bond acceptors (Lipinski definition) is 5. The fraction of sp³-hybridized carbons (Fsp3) is 0.375.